The van der Waals surface area contributed by atoms with Crippen LogP contribution in [-0.4, -0.2) is 205 Å². The average Bonchev–Trinajstić information content (AvgIpc) is 3.73. The Hall–Kier alpha value is -1.09. The Morgan fingerprint density at radius 3 is 1.83 bits per heavy atom. The summed E-state index contributed by atoms with van der Waals surface area (Å²) in [6.45, 7) is 6.97. The van der Waals surface area contributed by atoms with E-state index in [1.807, 2.05) is 0 Å². The Balaban J connectivity index is 0.955. The lowest BCUT2D eigenvalue weighted by molar-refractivity contribution is -0.398. The van der Waals surface area contributed by atoms with Crippen molar-refractivity contribution >= 4 is 5.78 Å². The van der Waals surface area contributed by atoms with Gasteiger partial charge in [0.2, 0.25) is 0 Å². The standard InChI is InChI=1S/C45H72O20/c1-17-7-8-45(58-16-17)18(2)30-25(65-45)10-22-20-6-5-19-9-24(23(49)12-43(19,3)21(20)11-29(50)44(22,30)4)59-42-39(64-41-37(57)35(55)32(52)27(14-47)61-41)38(33(53)28(15-48)62-42)63-40-36(56)34(54)31(51)26(13-46)60-40/h17-28,30-42,46-49,51-57H,5-16H2,1-4H3/t17?,18-,19+,20+,21-,22-,23-,24+,25-,26+,27+,28+,30-,31+,32+,33-,34-,35-,36+,37+,38-,39+,40-,41-,42+,43-,44+,45+/m0/s1. The van der Waals surface area contributed by atoms with Crippen LogP contribution in [0.2, 0.25) is 0 Å². The number of aliphatic hydroxyl groups is 11. The summed E-state index contributed by atoms with van der Waals surface area (Å²) in [7, 11) is 0. The third kappa shape index (κ3) is 7.90. The summed E-state index contributed by atoms with van der Waals surface area (Å²) in [5.74, 6) is 0.514. The summed E-state index contributed by atoms with van der Waals surface area (Å²) < 4.78 is 49.4. The number of Topliss-reactive ketones (excluding diaryl/α,β-unsaturated/α-hetero) is 1. The van der Waals surface area contributed by atoms with Gasteiger partial charge in [0, 0.05) is 30.1 Å². The largest absolute Gasteiger partial charge is 0.394 e. The van der Waals surface area contributed by atoms with Crippen LogP contribution in [0.4, 0.5) is 0 Å². The maximum Gasteiger partial charge on any atom is 0.187 e. The number of fused-ring (bicyclic) bond motifs is 7. The summed E-state index contributed by atoms with van der Waals surface area (Å²) in [5.41, 5.74) is -1.01. The van der Waals surface area contributed by atoms with Crippen LogP contribution in [0.5, 0.6) is 0 Å². The molecule has 0 bridgehead atoms. The molecule has 9 rings (SSSR count). The second-order valence-electron chi connectivity index (χ2n) is 21.5. The van der Waals surface area contributed by atoms with Crippen molar-refractivity contribution < 1.29 is 98.9 Å². The summed E-state index contributed by atoms with van der Waals surface area (Å²) in [6.07, 6.45) is -22.8. The fourth-order valence-corrected chi connectivity index (χ4v) is 14.4. The van der Waals surface area contributed by atoms with Gasteiger partial charge >= 0.3 is 0 Å². The van der Waals surface area contributed by atoms with E-state index in [-0.39, 0.29) is 53.8 Å². The van der Waals surface area contributed by atoms with E-state index >= 15 is 0 Å². The second kappa shape index (κ2) is 18.3. The SMILES string of the molecule is CC1CC[C@@]2(OC1)O[C@H]1C[C@H]3[C@@H]4CC[C@@H]5C[C@@H](O[C@@H]6O[C@H](CO)[C@H](O)[C@H](O[C@@H]7O[C@H](CO)[C@@H](O)[C@H](O)[C@H]7O)[C@H]6O[C@@H]6O[C@H](CO)[C@@H](O)[C@H](O)[C@H]6O)[C@@H](O)C[C@]5(C)[C@H]4CC(=O)[C@]3(C)[C@H]1[C@@H]2C. The van der Waals surface area contributed by atoms with Crippen molar-refractivity contribution in [2.24, 2.45) is 52.3 Å². The van der Waals surface area contributed by atoms with Crippen molar-refractivity contribution in [3.8, 4) is 0 Å². The molecule has 5 heterocycles. The van der Waals surface area contributed by atoms with Crippen LogP contribution in [-0.2, 0) is 42.7 Å². The van der Waals surface area contributed by atoms with Gasteiger partial charge in [0.05, 0.1) is 44.7 Å². The van der Waals surface area contributed by atoms with Crippen LogP contribution in [0, 0.1) is 52.3 Å². The minimum atomic E-state index is -1.94. The molecule has 5 saturated heterocycles. The Bertz CT molecular complexity index is 1680. The minimum absolute atomic E-state index is 0.00395. The highest BCUT2D eigenvalue weighted by Crippen LogP contribution is 2.70. The maximum absolute atomic E-state index is 14.7. The van der Waals surface area contributed by atoms with Crippen LogP contribution in [0.15, 0.2) is 0 Å². The number of aliphatic hydroxyl groups excluding tert-OH is 11. The molecule has 9 aliphatic rings. The molecule has 65 heavy (non-hydrogen) atoms. The number of ketones is 1. The molecule has 9 fully saturated rings. The van der Waals surface area contributed by atoms with E-state index in [9.17, 15) is 61.0 Å². The van der Waals surface area contributed by atoms with Gasteiger partial charge in [-0.2, -0.15) is 0 Å². The second-order valence-corrected chi connectivity index (χ2v) is 21.5. The highest BCUT2D eigenvalue weighted by Gasteiger charge is 2.72. The van der Waals surface area contributed by atoms with Crippen molar-refractivity contribution in [3.05, 3.63) is 0 Å². The molecule has 11 N–H and O–H groups in total. The normalized spacial score (nSPS) is 58.0. The Labute approximate surface area is 378 Å². The minimum Gasteiger partial charge on any atom is -0.394 e. The molecule has 20 heteroatoms. The molecule has 0 radical (unpaired) electrons. The van der Waals surface area contributed by atoms with Crippen molar-refractivity contribution in [3.63, 3.8) is 0 Å². The molecule has 5 aliphatic heterocycles. The van der Waals surface area contributed by atoms with Crippen LogP contribution < -0.4 is 0 Å². The van der Waals surface area contributed by atoms with Crippen molar-refractivity contribution in [2.45, 2.75) is 195 Å². The number of carbonyl (C=O) groups excluding carboxylic acids is 1. The third-order valence-electron chi connectivity index (χ3n) is 18.2. The fraction of sp³-hybridized carbons (Fsp3) is 0.978. The fourth-order valence-electron chi connectivity index (χ4n) is 14.4. The van der Waals surface area contributed by atoms with Crippen LogP contribution in [0.25, 0.3) is 0 Å². The first kappa shape index (κ1) is 48.9. The Morgan fingerprint density at radius 1 is 0.662 bits per heavy atom. The molecular weight excluding hydrogens is 860 g/mol. The maximum atomic E-state index is 14.7. The van der Waals surface area contributed by atoms with E-state index in [2.05, 4.69) is 27.7 Å². The van der Waals surface area contributed by atoms with E-state index < -0.39 is 141 Å². The van der Waals surface area contributed by atoms with Gasteiger partial charge < -0.3 is 94.1 Å². The van der Waals surface area contributed by atoms with E-state index in [4.69, 9.17) is 37.9 Å². The number of hydrogen-bond acceptors (Lipinski definition) is 20. The van der Waals surface area contributed by atoms with E-state index in [0.717, 1.165) is 32.1 Å². The molecule has 4 aliphatic carbocycles. The van der Waals surface area contributed by atoms with E-state index in [1.165, 1.54) is 0 Å². The van der Waals surface area contributed by atoms with E-state index in [0.29, 0.717) is 25.4 Å². The zero-order valence-electron chi connectivity index (χ0n) is 37.5. The number of rotatable bonds is 9. The molecule has 1 spiro atoms. The summed E-state index contributed by atoms with van der Waals surface area (Å²) in [4.78, 5) is 14.7. The lowest BCUT2D eigenvalue weighted by Crippen LogP contribution is -2.68. The van der Waals surface area contributed by atoms with Crippen LogP contribution in [0.1, 0.15) is 79.1 Å². The molecule has 20 nitrogen and oxygen atoms in total. The molecule has 372 valence electrons. The molecule has 0 amide bonds. The summed E-state index contributed by atoms with van der Waals surface area (Å²) in [5, 5.41) is 118. The monoisotopic (exact) mass is 932 g/mol. The van der Waals surface area contributed by atoms with Gasteiger partial charge in [-0.15, -0.1) is 0 Å². The number of ether oxygens (including phenoxy) is 8. The zero-order chi connectivity index (χ0) is 46.7. The third-order valence-corrected chi connectivity index (χ3v) is 18.2. The smallest absolute Gasteiger partial charge is 0.187 e. The molecule has 0 aromatic carbocycles. The average molecular weight is 933 g/mol. The quantitative estimate of drug-likeness (QED) is 0.106. The molecule has 28 atom stereocenters. The van der Waals surface area contributed by atoms with Crippen molar-refractivity contribution in [1.29, 1.82) is 0 Å². The molecular formula is C45H72O20. The Morgan fingerprint density at radius 2 is 1.25 bits per heavy atom. The van der Waals surface area contributed by atoms with Gasteiger partial charge in [0.25, 0.3) is 0 Å². The summed E-state index contributed by atoms with van der Waals surface area (Å²) in [6, 6.07) is 0. The van der Waals surface area contributed by atoms with Gasteiger partial charge in [-0.3, -0.25) is 4.79 Å². The van der Waals surface area contributed by atoms with Crippen molar-refractivity contribution in [1.82, 2.24) is 0 Å². The molecule has 4 saturated carbocycles. The van der Waals surface area contributed by atoms with Crippen LogP contribution >= 0.6 is 0 Å². The molecule has 0 aromatic heterocycles. The van der Waals surface area contributed by atoms with Gasteiger partial charge in [-0.25, -0.2) is 0 Å². The lowest BCUT2D eigenvalue weighted by Gasteiger charge is -2.61. The van der Waals surface area contributed by atoms with Crippen LogP contribution in [0.3, 0.4) is 0 Å². The van der Waals surface area contributed by atoms with Gasteiger partial charge in [-0.05, 0) is 73.5 Å². The molecule has 1 unspecified atom stereocenters. The van der Waals surface area contributed by atoms with Gasteiger partial charge in [-0.1, -0.05) is 27.7 Å². The zero-order valence-corrected chi connectivity index (χ0v) is 37.5. The van der Waals surface area contributed by atoms with Crippen molar-refractivity contribution in [2.75, 3.05) is 26.4 Å². The first-order chi connectivity index (χ1) is 30.8. The topological polar surface area (TPSA) is 313 Å². The lowest BCUT2D eigenvalue weighted by atomic mass is 9.43. The Kier molecular flexibility index (Phi) is 13.7. The van der Waals surface area contributed by atoms with Gasteiger partial charge in [0.15, 0.2) is 24.7 Å². The highest BCUT2D eigenvalue weighted by atomic mass is 16.8. The first-order valence-electron chi connectivity index (χ1n) is 23.9. The first-order valence-corrected chi connectivity index (χ1v) is 23.9. The predicted octanol–water partition coefficient (Wildman–Crippen LogP) is -2.58. The highest BCUT2D eigenvalue weighted by molar-refractivity contribution is 5.87. The predicted molar refractivity (Wildman–Crippen MR) is 217 cm³/mol. The van der Waals surface area contributed by atoms with E-state index in [1.54, 1.807) is 0 Å². The van der Waals surface area contributed by atoms with Gasteiger partial charge in [0.1, 0.15) is 79.0 Å². The summed E-state index contributed by atoms with van der Waals surface area (Å²) >= 11 is 0. The number of hydrogen-bond donors (Lipinski definition) is 11. The molecule has 0 aromatic rings. The number of carbonyl (C=O) groups is 1.